The van der Waals surface area contributed by atoms with Gasteiger partial charge in [0.1, 0.15) is 11.6 Å². The molecule has 1 saturated heterocycles. The smallest absolute Gasteiger partial charge is 0.259 e. The molecule has 0 bridgehead atoms. The molecule has 0 spiro atoms. The van der Waals surface area contributed by atoms with Crippen LogP contribution in [0.3, 0.4) is 0 Å². The molecule has 34 heavy (non-hydrogen) atoms. The van der Waals surface area contributed by atoms with Gasteiger partial charge in [-0.15, -0.1) is 0 Å². The fraction of sp³-hybridized carbons (Fsp3) is 0.423. The number of hydroxylamine groups is 1. The van der Waals surface area contributed by atoms with Crippen molar-refractivity contribution in [2.45, 2.75) is 33.0 Å². The summed E-state index contributed by atoms with van der Waals surface area (Å²) in [5.41, 5.74) is 2.13. The number of amides is 2. The first kappa shape index (κ1) is 25.3. The average Bonchev–Trinajstić information content (AvgIpc) is 2.85. The summed E-state index contributed by atoms with van der Waals surface area (Å²) in [6.45, 7) is 4.54. The summed E-state index contributed by atoms with van der Waals surface area (Å²) in [5, 5.41) is 11.5. The van der Waals surface area contributed by atoms with Gasteiger partial charge in [0.2, 0.25) is 5.91 Å². The van der Waals surface area contributed by atoms with Crippen LogP contribution in [-0.2, 0) is 20.9 Å². The van der Waals surface area contributed by atoms with Crippen molar-refractivity contribution in [1.29, 1.82) is 0 Å². The second kappa shape index (κ2) is 10.8. The standard InChI is InChI=1S/C26H30FN3O4/c1-17(26(2,24(32)28-3)25(33)29-34)23(31)21-12-10-19(11-13-21)5-4-18-6-8-20(9-7-18)14-30-15-22(27)16-30/h6-10,12-13,17,19,22,34H,11,14-16H2,1-3H3,(H,28,32)(H,29,33). The Bertz CT molecular complexity index is 1050. The summed E-state index contributed by atoms with van der Waals surface area (Å²) < 4.78 is 12.9. The molecule has 180 valence electrons. The molecule has 2 aliphatic rings. The molecule has 1 heterocycles. The Morgan fingerprint density at radius 1 is 1.24 bits per heavy atom. The lowest BCUT2D eigenvalue weighted by atomic mass is 9.72. The van der Waals surface area contributed by atoms with Crippen LogP contribution < -0.4 is 10.8 Å². The topological polar surface area (TPSA) is 98.7 Å². The molecule has 0 radical (unpaired) electrons. The molecule has 3 atom stereocenters. The van der Waals surface area contributed by atoms with Gasteiger partial charge in [-0.05, 0) is 31.0 Å². The fourth-order valence-corrected chi connectivity index (χ4v) is 4.06. The number of ketones is 1. The molecule has 2 amide bonds. The van der Waals surface area contributed by atoms with Crippen LogP contribution in [0, 0.1) is 29.1 Å². The van der Waals surface area contributed by atoms with E-state index in [1.54, 1.807) is 12.2 Å². The van der Waals surface area contributed by atoms with Gasteiger partial charge >= 0.3 is 0 Å². The Kier molecular flexibility index (Phi) is 8.02. The highest BCUT2D eigenvalue weighted by molar-refractivity contribution is 6.11. The van der Waals surface area contributed by atoms with Gasteiger partial charge in [0, 0.05) is 49.7 Å². The van der Waals surface area contributed by atoms with Crippen molar-refractivity contribution < 1.29 is 24.0 Å². The summed E-state index contributed by atoms with van der Waals surface area (Å²) in [6, 6.07) is 7.88. The van der Waals surface area contributed by atoms with Crippen LogP contribution in [0.5, 0.6) is 0 Å². The number of hydrogen-bond acceptors (Lipinski definition) is 5. The number of carbonyl (C=O) groups is 3. The number of rotatable bonds is 7. The number of alkyl halides is 1. The molecule has 3 rings (SSSR count). The van der Waals surface area contributed by atoms with Crippen LogP contribution in [0.2, 0.25) is 0 Å². The highest BCUT2D eigenvalue weighted by atomic mass is 19.1. The second-order valence-corrected chi connectivity index (χ2v) is 8.93. The molecule has 3 N–H and O–H groups in total. The van der Waals surface area contributed by atoms with E-state index in [0.29, 0.717) is 25.1 Å². The molecule has 1 fully saturated rings. The summed E-state index contributed by atoms with van der Waals surface area (Å²) in [5.74, 6) is 3.29. The van der Waals surface area contributed by atoms with Gasteiger partial charge in [-0.25, -0.2) is 9.87 Å². The normalized spacial score (nSPS) is 20.6. The first-order valence-corrected chi connectivity index (χ1v) is 11.2. The third kappa shape index (κ3) is 5.44. The molecule has 3 unspecified atom stereocenters. The van der Waals surface area contributed by atoms with Crippen LogP contribution >= 0.6 is 0 Å². The summed E-state index contributed by atoms with van der Waals surface area (Å²) in [7, 11) is 1.37. The SMILES string of the molecule is CNC(=O)C(C)(C(=O)NO)C(C)C(=O)C1=CCC(C#Cc2ccc(CN3CC(F)C3)cc2)C=C1. The summed E-state index contributed by atoms with van der Waals surface area (Å²) in [4.78, 5) is 39.6. The zero-order chi connectivity index (χ0) is 24.9. The van der Waals surface area contributed by atoms with Gasteiger partial charge in [-0.3, -0.25) is 24.5 Å². The van der Waals surface area contributed by atoms with E-state index in [9.17, 15) is 18.8 Å². The number of allylic oxidation sites excluding steroid dienone is 4. The Morgan fingerprint density at radius 3 is 2.44 bits per heavy atom. The number of likely N-dealkylation sites (tertiary alicyclic amines) is 1. The van der Waals surface area contributed by atoms with Gasteiger partial charge in [0.05, 0.1) is 0 Å². The highest BCUT2D eigenvalue weighted by Gasteiger charge is 2.49. The van der Waals surface area contributed by atoms with Crippen LogP contribution in [0.4, 0.5) is 4.39 Å². The first-order valence-electron chi connectivity index (χ1n) is 11.2. The van der Waals surface area contributed by atoms with E-state index >= 15 is 0 Å². The van der Waals surface area contributed by atoms with Crippen molar-refractivity contribution in [3.63, 3.8) is 0 Å². The number of nitrogens with one attached hydrogen (secondary N) is 2. The number of Topliss-reactive ketones (excluding diaryl/α,β-unsaturated/α-hetero) is 1. The number of hydrogen-bond donors (Lipinski definition) is 3. The molecule has 1 aliphatic heterocycles. The van der Waals surface area contributed by atoms with E-state index in [-0.39, 0.29) is 11.7 Å². The van der Waals surface area contributed by atoms with E-state index in [1.807, 2.05) is 30.3 Å². The van der Waals surface area contributed by atoms with Gasteiger partial charge in [-0.1, -0.05) is 49.1 Å². The molecule has 1 aliphatic carbocycles. The zero-order valence-corrected chi connectivity index (χ0v) is 19.6. The van der Waals surface area contributed by atoms with Gasteiger partial charge < -0.3 is 5.32 Å². The molecule has 0 saturated carbocycles. The second-order valence-electron chi connectivity index (χ2n) is 8.93. The molecule has 1 aromatic carbocycles. The molecule has 1 aromatic rings. The lowest BCUT2D eigenvalue weighted by Crippen LogP contribution is -2.53. The fourth-order valence-electron chi connectivity index (χ4n) is 4.06. The van der Waals surface area contributed by atoms with Crippen molar-refractivity contribution in [2.24, 2.45) is 17.3 Å². The monoisotopic (exact) mass is 467 g/mol. The van der Waals surface area contributed by atoms with Crippen molar-refractivity contribution in [3.8, 4) is 11.8 Å². The summed E-state index contributed by atoms with van der Waals surface area (Å²) >= 11 is 0. The molecule has 0 aromatic heterocycles. The van der Waals surface area contributed by atoms with Gasteiger partial charge in [-0.2, -0.15) is 0 Å². The van der Waals surface area contributed by atoms with E-state index in [4.69, 9.17) is 5.21 Å². The van der Waals surface area contributed by atoms with E-state index < -0.39 is 29.3 Å². The van der Waals surface area contributed by atoms with Crippen LogP contribution in [0.1, 0.15) is 31.4 Å². The predicted octanol–water partition coefficient (Wildman–Crippen LogP) is 2.16. The zero-order valence-electron chi connectivity index (χ0n) is 19.6. The summed E-state index contributed by atoms with van der Waals surface area (Å²) in [6.07, 6.45) is 5.08. The molecule has 8 heteroatoms. The third-order valence-corrected chi connectivity index (χ3v) is 6.59. The minimum atomic E-state index is -1.76. The van der Waals surface area contributed by atoms with Crippen molar-refractivity contribution in [1.82, 2.24) is 15.7 Å². The van der Waals surface area contributed by atoms with E-state index in [0.717, 1.165) is 17.7 Å². The van der Waals surface area contributed by atoms with Crippen molar-refractivity contribution in [3.05, 3.63) is 59.2 Å². The Morgan fingerprint density at radius 2 is 1.91 bits per heavy atom. The van der Waals surface area contributed by atoms with Crippen LogP contribution in [0.25, 0.3) is 0 Å². The Labute approximate surface area is 199 Å². The third-order valence-electron chi connectivity index (χ3n) is 6.59. The number of nitrogens with zero attached hydrogens (tertiary/aromatic N) is 1. The maximum Gasteiger partial charge on any atom is 0.259 e. The molecule has 7 nitrogen and oxygen atoms in total. The molecular weight excluding hydrogens is 437 g/mol. The minimum Gasteiger partial charge on any atom is -0.358 e. The lowest BCUT2D eigenvalue weighted by Gasteiger charge is -2.34. The quantitative estimate of drug-likeness (QED) is 0.247. The van der Waals surface area contributed by atoms with Crippen LogP contribution in [0.15, 0.2) is 48.1 Å². The predicted molar refractivity (Wildman–Crippen MR) is 125 cm³/mol. The maximum atomic E-state index is 13.0. The van der Waals surface area contributed by atoms with Crippen molar-refractivity contribution in [2.75, 3.05) is 20.1 Å². The number of carbonyl (C=O) groups excluding carboxylic acids is 3. The van der Waals surface area contributed by atoms with Crippen LogP contribution in [-0.4, -0.2) is 54.0 Å². The van der Waals surface area contributed by atoms with Gasteiger partial charge in [0.25, 0.3) is 5.91 Å². The largest absolute Gasteiger partial charge is 0.358 e. The first-order chi connectivity index (χ1) is 16.2. The van der Waals surface area contributed by atoms with E-state index in [1.165, 1.54) is 26.4 Å². The maximum absolute atomic E-state index is 13.0. The van der Waals surface area contributed by atoms with Crippen molar-refractivity contribution >= 4 is 17.6 Å². The van der Waals surface area contributed by atoms with E-state index in [2.05, 4.69) is 22.1 Å². The average molecular weight is 468 g/mol. The minimum absolute atomic E-state index is 0.0693. The van der Waals surface area contributed by atoms with Gasteiger partial charge in [0.15, 0.2) is 5.78 Å². The Hall–Kier alpha value is -3.28. The molecular formula is C26H30FN3O4. The Balaban J connectivity index is 1.60. The number of benzene rings is 1. The number of halogens is 1. The highest BCUT2D eigenvalue weighted by Crippen LogP contribution is 2.32. The lowest BCUT2D eigenvalue weighted by molar-refractivity contribution is -0.154.